The lowest BCUT2D eigenvalue weighted by molar-refractivity contribution is 0.627. The number of halogens is 1. The lowest BCUT2D eigenvalue weighted by Crippen LogP contribution is -2.07. The Morgan fingerprint density at radius 1 is 1.29 bits per heavy atom. The van der Waals surface area contributed by atoms with Gasteiger partial charge in [0.25, 0.3) is 0 Å². The van der Waals surface area contributed by atoms with Crippen molar-refractivity contribution in [1.29, 1.82) is 5.26 Å². The zero-order valence-electron chi connectivity index (χ0n) is 11.9. The third-order valence-corrected chi connectivity index (χ3v) is 2.75. The maximum absolute atomic E-state index is 13.1. The van der Waals surface area contributed by atoms with Gasteiger partial charge >= 0.3 is 0 Å². The molecule has 1 aromatic heterocycles. The van der Waals surface area contributed by atoms with E-state index in [4.69, 9.17) is 5.26 Å². The van der Waals surface area contributed by atoms with Crippen molar-refractivity contribution in [3.63, 3.8) is 0 Å². The van der Waals surface area contributed by atoms with Gasteiger partial charge in [-0.15, -0.1) is 0 Å². The summed E-state index contributed by atoms with van der Waals surface area (Å²) in [5.41, 5.74) is 1.54. The molecule has 2 N–H and O–H groups in total. The number of anilines is 3. The van der Waals surface area contributed by atoms with Crippen molar-refractivity contribution >= 4 is 17.5 Å². The number of benzene rings is 1. The topological polar surface area (TPSA) is 73.6 Å². The van der Waals surface area contributed by atoms with Crippen molar-refractivity contribution < 1.29 is 4.39 Å². The van der Waals surface area contributed by atoms with Gasteiger partial charge in [0, 0.05) is 18.3 Å². The van der Waals surface area contributed by atoms with Crippen LogP contribution >= 0.6 is 0 Å². The number of aryl methyl sites for hydroxylation is 1. The molecular weight excluding hydrogens is 269 g/mol. The van der Waals surface area contributed by atoms with E-state index in [1.165, 1.54) is 18.2 Å². The van der Waals surface area contributed by atoms with Gasteiger partial charge in [0.15, 0.2) is 0 Å². The molecule has 1 aromatic carbocycles. The second-order valence-electron chi connectivity index (χ2n) is 4.57. The van der Waals surface area contributed by atoms with Gasteiger partial charge in [0.2, 0.25) is 5.95 Å². The Balaban J connectivity index is 2.27. The molecule has 0 amide bonds. The summed E-state index contributed by atoms with van der Waals surface area (Å²) in [5, 5.41) is 15.2. The van der Waals surface area contributed by atoms with Gasteiger partial charge in [-0.3, -0.25) is 0 Å². The maximum atomic E-state index is 13.1. The van der Waals surface area contributed by atoms with E-state index < -0.39 is 5.82 Å². The Labute approximate surface area is 122 Å². The van der Waals surface area contributed by atoms with Crippen molar-refractivity contribution in [1.82, 2.24) is 9.97 Å². The van der Waals surface area contributed by atoms with Gasteiger partial charge in [0.1, 0.15) is 17.7 Å². The molecule has 108 valence electrons. The van der Waals surface area contributed by atoms with Crippen LogP contribution in [0.15, 0.2) is 24.3 Å². The van der Waals surface area contributed by atoms with Crippen molar-refractivity contribution in [3.8, 4) is 6.07 Å². The standard InChI is InChI=1S/C15H16FN5/c1-3-6-18-15-19-10(2)7-14(21-15)20-13-5-4-12(16)8-11(13)9-17/h4-5,7-8H,3,6H2,1-2H3,(H2,18,19,20,21). The highest BCUT2D eigenvalue weighted by atomic mass is 19.1. The molecule has 0 aliphatic carbocycles. The van der Waals surface area contributed by atoms with E-state index in [1.54, 1.807) is 6.07 Å². The van der Waals surface area contributed by atoms with Gasteiger partial charge in [-0.1, -0.05) is 6.92 Å². The number of hydrogen-bond donors (Lipinski definition) is 2. The molecule has 2 rings (SSSR count). The van der Waals surface area contributed by atoms with Crippen LogP contribution in [0.2, 0.25) is 0 Å². The van der Waals surface area contributed by atoms with Crippen LogP contribution in [0, 0.1) is 24.1 Å². The molecule has 0 unspecified atom stereocenters. The van der Waals surface area contributed by atoms with Crippen LogP contribution in [-0.4, -0.2) is 16.5 Å². The lowest BCUT2D eigenvalue weighted by Gasteiger charge is -2.10. The third-order valence-electron chi connectivity index (χ3n) is 2.75. The summed E-state index contributed by atoms with van der Waals surface area (Å²) in [4.78, 5) is 8.61. The van der Waals surface area contributed by atoms with E-state index in [1.807, 2.05) is 13.0 Å². The molecule has 0 radical (unpaired) electrons. The average Bonchev–Trinajstić information content (AvgIpc) is 2.46. The second-order valence-corrected chi connectivity index (χ2v) is 4.57. The normalized spacial score (nSPS) is 10.0. The Bertz CT molecular complexity index is 678. The molecular formula is C15H16FN5. The van der Waals surface area contributed by atoms with Crippen LogP contribution in [0.5, 0.6) is 0 Å². The summed E-state index contributed by atoms with van der Waals surface area (Å²) in [5.74, 6) is 0.644. The fourth-order valence-electron chi connectivity index (χ4n) is 1.80. The zero-order chi connectivity index (χ0) is 15.2. The molecule has 0 bridgehead atoms. The maximum Gasteiger partial charge on any atom is 0.224 e. The molecule has 2 aromatic rings. The number of nitriles is 1. The molecule has 0 atom stereocenters. The highest BCUT2D eigenvalue weighted by Crippen LogP contribution is 2.21. The minimum absolute atomic E-state index is 0.231. The first-order valence-electron chi connectivity index (χ1n) is 6.68. The van der Waals surface area contributed by atoms with E-state index in [-0.39, 0.29) is 5.56 Å². The van der Waals surface area contributed by atoms with E-state index in [0.29, 0.717) is 17.5 Å². The summed E-state index contributed by atoms with van der Waals surface area (Å²) in [7, 11) is 0. The highest BCUT2D eigenvalue weighted by Gasteiger charge is 2.07. The van der Waals surface area contributed by atoms with Crippen molar-refractivity contribution in [2.24, 2.45) is 0 Å². The fourth-order valence-corrected chi connectivity index (χ4v) is 1.80. The van der Waals surface area contributed by atoms with Gasteiger partial charge < -0.3 is 10.6 Å². The van der Waals surface area contributed by atoms with Crippen LogP contribution < -0.4 is 10.6 Å². The summed E-state index contributed by atoms with van der Waals surface area (Å²) in [6.45, 7) is 4.70. The van der Waals surface area contributed by atoms with E-state index in [9.17, 15) is 4.39 Å². The number of hydrogen-bond acceptors (Lipinski definition) is 5. The molecule has 6 heteroatoms. The average molecular weight is 285 g/mol. The SMILES string of the molecule is CCCNc1nc(C)cc(Nc2ccc(F)cc2C#N)n1. The van der Waals surface area contributed by atoms with Crippen LogP contribution in [0.25, 0.3) is 0 Å². The monoisotopic (exact) mass is 285 g/mol. The molecule has 0 aliphatic rings. The third kappa shape index (κ3) is 3.89. The molecule has 1 heterocycles. The largest absolute Gasteiger partial charge is 0.354 e. The zero-order valence-corrected chi connectivity index (χ0v) is 11.9. The Hall–Kier alpha value is -2.68. The first kappa shape index (κ1) is 14.7. The smallest absolute Gasteiger partial charge is 0.224 e. The predicted octanol–water partition coefficient (Wildman–Crippen LogP) is 3.36. The summed E-state index contributed by atoms with van der Waals surface area (Å²) < 4.78 is 13.1. The summed E-state index contributed by atoms with van der Waals surface area (Å²) >= 11 is 0. The summed E-state index contributed by atoms with van der Waals surface area (Å²) in [6, 6.07) is 7.73. The second kappa shape index (κ2) is 6.66. The number of nitrogens with zero attached hydrogens (tertiary/aromatic N) is 3. The summed E-state index contributed by atoms with van der Waals surface area (Å²) in [6.07, 6.45) is 0.969. The molecule has 0 spiro atoms. The van der Waals surface area contributed by atoms with E-state index >= 15 is 0 Å². The van der Waals surface area contributed by atoms with Gasteiger partial charge in [0.05, 0.1) is 11.3 Å². The van der Waals surface area contributed by atoms with Gasteiger partial charge in [-0.2, -0.15) is 10.2 Å². The quantitative estimate of drug-likeness (QED) is 0.881. The van der Waals surface area contributed by atoms with Crippen LogP contribution in [0.4, 0.5) is 21.8 Å². The van der Waals surface area contributed by atoms with E-state index in [2.05, 4.69) is 27.5 Å². The molecule has 0 saturated heterocycles. The fraction of sp³-hybridized carbons (Fsp3) is 0.267. The van der Waals surface area contributed by atoms with Gasteiger partial charge in [-0.25, -0.2) is 9.37 Å². The number of aromatic nitrogens is 2. The minimum Gasteiger partial charge on any atom is -0.354 e. The van der Waals surface area contributed by atoms with E-state index in [0.717, 1.165) is 18.7 Å². The van der Waals surface area contributed by atoms with Gasteiger partial charge in [-0.05, 0) is 31.5 Å². The number of nitrogens with one attached hydrogen (secondary N) is 2. The lowest BCUT2D eigenvalue weighted by atomic mass is 10.2. The van der Waals surface area contributed by atoms with Crippen molar-refractivity contribution in [2.75, 3.05) is 17.2 Å². The van der Waals surface area contributed by atoms with Crippen molar-refractivity contribution in [2.45, 2.75) is 20.3 Å². The predicted molar refractivity (Wildman–Crippen MR) is 79.9 cm³/mol. The van der Waals surface area contributed by atoms with Crippen molar-refractivity contribution in [3.05, 3.63) is 41.3 Å². The van der Waals surface area contributed by atoms with Crippen LogP contribution in [0.3, 0.4) is 0 Å². The van der Waals surface area contributed by atoms with Crippen LogP contribution in [-0.2, 0) is 0 Å². The first-order chi connectivity index (χ1) is 10.1. The first-order valence-corrected chi connectivity index (χ1v) is 6.68. The Morgan fingerprint density at radius 3 is 2.81 bits per heavy atom. The molecule has 21 heavy (non-hydrogen) atoms. The molecule has 5 nitrogen and oxygen atoms in total. The number of rotatable bonds is 5. The Kier molecular flexibility index (Phi) is 4.67. The molecule has 0 aliphatic heterocycles. The molecule has 0 fully saturated rings. The Morgan fingerprint density at radius 2 is 2.10 bits per heavy atom. The molecule has 0 saturated carbocycles. The minimum atomic E-state index is -0.443. The highest BCUT2D eigenvalue weighted by molar-refractivity contribution is 5.65. The van der Waals surface area contributed by atoms with Crippen LogP contribution in [0.1, 0.15) is 24.6 Å².